The van der Waals surface area contributed by atoms with Crippen LogP contribution in [0.5, 0.6) is 0 Å². The van der Waals surface area contributed by atoms with E-state index in [0.717, 1.165) is 10.6 Å². The van der Waals surface area contributed by atoms with Gasteiger partial charge in [-0.1, -0.05) is 25.0 Å². The lowest BCUT2D eigenvalue weighted by molar-refractivity contribution is 0.0954. The summed E-state index contributed by atoms with van der Waals surface area (Å²) >= 11 is 3.20. The van der Waals surface area contributed by atoms with E-state index in [4.69, 9.17) is 5.10 Å². The second-order valence-corrected chi connectivity index (χ2v) is 7.94. The first-order chi connectivity index (χ1) is 11.8. The third kappa shape index (κ3) is 3.16. The van der Waals surface area contributed by atoms with Gasteiger partial charge in [-0.2, -0.15) is 5.10 Å². The molecule has 3 aromatic heterocycles. The predicted molar refractivity (Wildman–Crippen MR) is 98.5 cm³/mol. The van der Waals surface area contributed by atoms with Crippen LogP contribution in [0.2, 0.25) is 0 Å². The zero-order valence-corrected chi connectivity index (χ0v) is 14.9. The molecule has 3 aromatic rings. The van der Waals surface area contributed by atoms with Gasteiger partial charge in [0.05, 0.1) is 33.7 Å². The highest BCUT2D eigenvalue weighted by atomic mass is 32.1. The van der Waals surface area contributed by atoms with Gasteiger partial charge in [0.15, 0.2) is 0 Å². The van der Waals surface area contributed by atoms with Crippen molar-refractivity contribution in [1.82, 2.24) is 15.1 Å². The molecule has 1 amide bonds. The molecule has 0 atom stereocenters. The van der Waals surface area contributed by atoms with Gasteiger partial charge in [-0.25, -0.2) is 0 Å². The number of amides is 1. The molecule has 0 saturated heterocycles. The zero-order valence-electron chi connectivity index (χ0n) is 13.3. The van der Waals surface area contributed by atoms with Gasteiger partial charge in [-0.05, 0) is 41.8 Å². The Balaban J connectivity index is 1.55. The minimum atomic E-state index is -0.0295. The summed E-state index contributed by atoms with van der Waals surface area (Å²) in [7, 11) is 0. The molecule has 4 rings (SSSR count). The molecule has 0 aromatic carbocycles. The van der Waals surface area contributed by atoms with E-state index in [9.17, 15) is 4.79 Å². The van der Waals surface area contributed by atoms with Crippen molar-refractivity contribution < 1.29 is 4.79 Å². The number of carbonyl (C=O) groups excluding carboxylic acids is 1. The van der Waals surface area contributed by atoms with E-state index in [0.29, 0.717) is 12.6 Å². The largest absolute Gasteiger partial charge is 0.346 e. The number of rotatable bonds is 5. The van der Waals surface area contributed by atoms with Crippen molar-refractivity contribution >= 4 is 28.6 Å². The number of nitrogens with one attached hydrogen (secondary N) is 1. The van der Waals surface area contributed by atoms with Crippen molar-refractivity contribution in [2.24, 2.45) is 0 Å². The summed E-state index contributed by atoms with van der Waals surface area (Å²) in [4.78, 5) is 14.1. The second kappa shape index (κ2) is 6.91. The van der Waals surface area contributed by atoms with E-state index in [-0.39, 0.29) is 5.91 Å². The first kappa shape index (κ1) is 15.6. The normalized spacial score (nSPS) is 15.0. The molecular formula is C18H19N3OS2. The minimum absolute atomic E-state index is 0.0295. The Kier molecular flexibility index (Phi) is 4.49. The van der Waals surface area contributed by atoms with Crippen LogP contribution in [-0.2, 0) is 6.54 Å². The summed E-state index contributed by atoms with van der Waals surface area (Å²) in [6.07, 6.45) is 4.94. The van der Waals surface area contributed by atoms with Crippen LogP contribution < -0.4 is 5.32 Å². The number of nitrogens with zero attached hydrogens (tertiary/aromatic N) is 2. The van der Waals surface area contributed by atoms with E-state index in [1.807, 2.05) is 17.5 Å². The molecule has 0 spiro atoms. The maximum Gasteiger partial charge on any atom is 0.261 e. The Bertz CT molecular complexity index is 800. The molecule has 1 saturated carbocycles. The summed E-state index contributed by atoms with van der Waals surface area (Å²) < 4.78 is 2.19. The number of carbonyl (C=O) groups is 1. The molecular weight excluding hydrogens is 338 g/mol. The van der Waals surface area contributed by atoms with Crippen LogP contribution in [0.25, 0.3) is 10.6 Å². The standard InChI is InChI=1S/C18H19N3OS2/c22-18(17-8-4-10-24-17)19-12-13-11-15(16-7-3-9-23-16)21(20-13)14-5-1-2-6-14/h3-4,7-11,14H,1-2,5-6,12H2,(H,19,22). The Morgan fingerprint density at radius 2 is 2.00 bits per heavy atom. The maximum atomic E-state index is 12.1. The smallest absolute Gasteiger partial charge is 0.261 e. The SMILES string of the molecule is O=C(NCc1cc(-c2cccs2)n(C2CCCC2)n1)c1cccs1. The van der Waals surface area contributed by atoms with E-state index in [2.05, 4.69) is 33.6 Å². The molecule has 0 radical (unpaired) electrons. The first-order valence-corrected chi connectivity index (χ1v) is 10.0. The minimum Gasteiger partial charge on any atom is -0.346 e. The maximum absolute atomic E-state index is 12.1. The van der Waals surface area contributed by atoms with E-state index in [1.54, 1.807) is 11.3 Å². The third-order valence-electron chi connectivity index (χ3n) is 4.41. The average Bonchev–Trinajstić information content (AvgIpc) is 3.40. The summed E-state index contributed by atoms with van der Waals surface area (Å²) in [5, 5.41) is 11.8. The highest BCUT2D eigenvalue weighted by Gasteiger charge is 2.22. The van der Waals surface area contributed by atoms with Gasteiger partial charge < -0.3 is 5.32 Å². The molecule has 0 bridgehead atoms. The van der Waals surface area contributed by atoms with Crippen LogP contribution in [0.1, 0.15) is 47.1 Å². The summed E-state index contributed by atoms with van der Waals surface area (Å²) in [6, 6.07) is 10.6. The molecule has 4 nitrogen and oxygen atoms in total. The molecule has 3 heterocycles. The lowest BCUT2D eigenvalue weighted by Gasteiger charge is -2.13. The Morgan fingerprint density at radius 3 is 2.71 bits per heavy atom. The van der Waals surface area contributed by atoms with Crippen LogP contribution in [0.4, 0.5) is 0 Å². The monoisotopic (exact) mass is 357 g/mol. The van der Waals surface area contributed by atoms with Gasteiger partial charge in [-0.3, -0.25) is 9.48 Å². The molecule has 124 valence electrons. The highest BCUT2D eigenvalue weighted by Crippen LogP contribution is 2.35. The molecule has 0 aliphatic heterocycles. The molecule has 6 heteroatoms. The third-order valence-corrected chi connectivity index (χ3v) is 6.17. The lowest BCUT2D eigenvalue weighted by atomic mass is 10.2. The highest BCUT2D eigenvalue weighted by molar-refractivity contribution is 7.13. The number of hydrogen-bond donors (Lipinski definition) is 1. The predicted octanol–water partition coefficient (Wildman–Crippen LogP) is 4.72. The van der Waals surface area contributed by atoms with Crippen molar-refractivity contribution in [2.45, 2.75) is 38.3 Å². The van der Waals surface area contributed by atoms with Gasteiger partial charge in [0.1, 0.15) is 0 Å². The molecule has 24 heavy (non-hydrogen) atoms. The number of aromatic nitrogens is 2. The second-order valence-electron chi connectivity index (χ2n) is 6.04. The van der Waals surface area contributed by atoms with Gasteiger partial charge in [0, 0.05) is 0 Å². The average molecular weight is 358 g/mol. The molecule has 0 unspecified atom stereocenters. The van der Waals surface area contributed by atoms with Gasteiger partial charge in [0.25, 0.3) is 5.91 Å². The lowest BCUT2D eigenvalue weighted by Crippen LogP contribution is -2.22. The Morgan fingerprint density at radius 1 is 1.21 bits per heavy atom. The first-order valence-electron chi connectivity index (χ1n) is 8.25. The van der Waals surface area contributed by atoms with Crippen molar-refractivity contribution in [3.63, 3.8) is 0 Å². The van der Waals surface area contributed by atoms with Crippen LogP contribution in [-0.4, -0.2) is 15.7 Å². The summed E-state index contributed by atoms with van der Waals surface area (Å²) in [5.41, 5.74) is 2.10. The van der Waals surface area contributed by atoms with Crippen LogP contribution >= 0.6 is 22.7 Å². The fourth-order valence-corrected chi connectivity index (χ4v) is 4.61. The van der Waals surface area contributed by atoms with Gasteiger partial charge >= 0.3 is 0 Å². The topological polar surface area (TPSA) is 46.9 Å². The molecule has 1 aliphatic carbocycles. The molecule has 1 aliphatic rings. The Labute approximate surface area is 149 Å². The molecule has 1 fully saturated rings. The van der Waals surface area contributed by atoms with E-state index < -0.39 is 0 Å². The van der Waals surface area contributed by atoms with E-state index in [1.165, 1.54) is 47.6 Å². The van der Waals surface area contributed by atoms with Crippen molar-refractivity contribution in [3.05, 3.63) is 51.7 Å². The van der Waals surface area contributed by atoms with Crippen LogP contribution in [0, 0.1) is 0 Å². The summed E-state index contributed by atoms with van der Waals surface area (Å²) in [5.74, 6) is -0.0295. The van der Waals surface area contributed by atoms with Crippen molar-refractivity contribution in [2.75, 3.05) is 0 Å². The van der Waals surface area contributed by atoms with Gasteiger partial charge in [0.2, 0.25) is 0 Å². The fraction of sp³-hybridized carbons (Fsp3) is 0.333. The zero-order chi connectivity index (χ0) is 16.4. The number of hydrogen-bond acceptors (Lipinski definition) is 4. The van der Waals surface area contributed by atoms with Gasteiger partial charge in [-0.15, -0.1) is 22.7 Å². The molecule has 1 N–H and O–H groups in total. The fourth-order valence-electron chi connectivity index (χ4n) is 3.23. The van der Waals surface area contributed by atoms with Crippen LogP contribution in [0.3, 0.4) is 0 Å². The van der Waals surface area contributed by atoms with Crippen molar-refractivity contribution in [1.29, 1.82) is 0 Å². The summed E-state index contributed by atoms with van der Waals surface area (Å²) in [6.45, 7) is 0.467. The van der Waals surface area contributed by atoms with Crippen molar-refractivity contribution in [3.8, 4) is 10.6 Å². The number of thiophene rings is 2. The van der Waals surface area contributed by atoms with E-state index >= 15 is 0 Å². The Hall–Kier alpha value is -1.92. The van der Waals surface area contributed by atoms with Crippen LogP contribution in [0.15, 0.2) is 41.1 Å². The quantitative estimate of drug-likeness (QED) is 0.718.